The number of aromatic nitrogens is 1. The SMILES string of the molecule is CC(C)[C@H]1C(=O)NCCN1C(=O)N[C@@H](c1ccc(C(F)(F)F)nc1)c1ccc(F)c(Cl)c1F. The van der Waals surface area contributed by atoms with Gasteiger partial charge in [0.15, 0.2) is 0 Å². The molecule has 1 aliphatic rings. The van der Waals surface area contributed by atoms with Crippen molar-refractivity contribution in [2.75, 3.05) is 13.1 Å². The zero-order valence-electron chi connectivity index (χ0n) is 17.5. The number of nitrogens with zero attached hydrogens (tertiary/aromatic N) is 2. The van der Waals surface area contributed by atoms with Gasteiger partial charge in [-0.15, -0.1) is 0 Å². The fraction of sp³-hybridized carbons (Fsp3) is 0.381. The van der Waals surface area contributed by atoms with Crippen molar-refractivity contribution in [2.45, 2.75) is 32.1 Å². The van der Waals surface area contributed by atoms with Crippen LogP contribution in [0.1, 0.15) is 36.7 Å². The van der Waals surface area contributed by atoms with Crippen LogP contribution in [0.3, 0.4) is 0 Å². The summed E-state index contributed by atoms with van der Waals surface area (Å²) in [5.41, 5.74) is -1.46. The number of carbonyl (C=O) groups excluding carboxylic acids is 2. The van der Waals surface area contributed by atoms with Crippen LogP contribution in [0.15, 0.2) is 30.5 Å². The molecule has 2 heterocycles. The minimum atomic E-state index is -4.70. The Kier molecular flexibility index (Phi) is 7.11. The Morgan fingerprint density at radius 1 is 1.24 bits per heavy atom. The third-order valence-electron chi connectivity index (χ3n) is 5.20. The number of hydrogen-bond donors (Lipinski definition) is 2. The molecular weight excluding hydrogens is 471 g/mol. The number of amides is 3. The molecule has 1 aromatic carbocycles. The Bertz CT molecular complexity index is 1050. The van der Waals surface area contributed by atoms with Crippen molar-refractivity contribution in [1.29, 1.82) is 0 Å². The number of carbonyl (C=O) groups is 2. The molecule has 0 radical (unpaired) electrons. The van der Waals surface area contributed by atoms with Gasteiger partial charge in [0, 0.05) is 24.8 Å². The maximum Gasteiger partial charge on any atom is 0.433 e. The van der Waals surface area contributed by atoms with Gasteiger partial charge in [-0.2, -0.15) is 13.2 Å². The molecule has 0 saturated carbocycles. The molecule has 6 nitrogen and oxygen atoms in total. The van der Waals surface area contributed by atoms with Crippen molar-refractivity contribution in [3.8, 4) is 0 Å². The number of rotatable bonds is 4. The first kappa shape index (κ1) is 24.7. The Morgan fingerprint density at radius 2 is 1.94 bits per heavy atom. The number of benzene rings is 1. The predicted octanol–water partition coefficient (Wildman–Crippen LogP) is 4.29. The van der Waals surface area contributed by atoms with E-state index in [1.165, 1.54) is 4.90 Å². The highest BCUT2D eigenvalue weighted by atomic mass is 35.5. The summed E-state index contributed by atoms with van der Waals surface area (Å²) in [6.45, 7) is 3.84. The van der Waals surface area contributed by atoms with Gasteiger partial charge in [-0.3, -0.25) is 9.78 Å². The molecule has 12 heteroatoms. The van der Waals surface area contributed by atoms with Crippen LogP contribution in [-0.4, -0.2) is 41.0 Å². The van der Waals surface area contributed by atoms with Crippen molar-refractivity contribution in [2.24, 2.45) is 5.92 Å². The molecule has 33 heavy (non-hydrogen) atoms. The largest absolute Gasteiger partial charge is 0.433 e. The smallest absolute Gasteiger partial charge is 0.353 e. The summed E-state index contributed by atoms with van der Waals surface area (Å²) >= 11 is 5.68. The third-order valence-corrected chi connectivity index (χ3v) is 5.55. The lowest BCUT2D eigenvalue weighted by Gasteiger charge is -2.38. The molecule has 3 rings (SSSR count). The molecule has 0 aliphatic carbocycles. The van der Waals surface area contributed by atoms with Crippen LogP contribution < -0.4 is 10.6 Å². The highest BCUT2D eigenvalue weighted by Gasteiger charge is 2.37. The fourth-order valence-corrected chi connectivity index (χ4v) is 3.80. The highest BCUT2D eigenvalue weighted by Crippen LogP contribution is 2.32. The first-order valence-electron chi connectivity index (χ1n) is 9.93. The van der Waals surface area contributed by atoms with E-state index >= 15 is 0 Å². The van der Waals surface area contributed by atoms with E-state index < -0.39 is 46.6 Å². The molecule has 3 amide bonds. The van der Waals surface area contributed by atoms with Crippen LogP contribution >= 0.6 is 11.6 Å². The molecule has 1 saturated heterocycles. The molecule has 0 spiro atoms. The lowest BCUT2D eigenvalue weighted by Crippen LogP contribution is -2.61. The van der Waals surface area contributed by atoms with Crippen molar-refractivity contribution < 1.29 is 31.5 Å². The van der Waals surface area contributed by atoms with Gasteiger partial charge in [-0.1, -0.05) is 37.6 Å². The van der Waals surface area contributed by atoms with Gasteiger partial charge in [0.2, 0.25) is 5.91 Å². The van der Waals surface area contributed by atoms with E-state index in [1.807, 2.05) is 0 Å². The monoisotopic (exact) mass is 490 g/mol. The lowest BCUT2D eigenvalue weighted by atomic mass is 9.98. The van der Waals surface area contributed by atoms with Gasteiger partial charge in [-0.05, 0) is 23.6 Å². The fourth-order valence-electron chi connectivity index (χ4n) is 3.63. The second-order valence-corrected chi connectivity index (χ2v) is 8.17. The van der Waals surface area contributed by atoms with Crippen LogP contribution in [0, 0.1) is 17.6 Å². The summed E-state index contributed by atoms with van der Waals surface area (Å²) in [5, 5.41) is 4.37. The van der Waals surface area contributed by atoms with Crippen molar-refractivity contribution in [1.82, 2.24) is 20.5 Å². The number of urea groups is 1. The third kappa shape index (κ3) is 5.18. The molecule has 0 unspecified atom stereocenters. The molecule has 2 atom stereocenters. The second-order valence-electron chi connectivity index (χ2n) is 7.79. The first-order valence-corrected chi connectivity index (χ1v) is 10.3. The average Bonchev–Trinajstić information content (AvgIpc) is 2.75. The summed E-state index contributed by atoms with van der Waals surface area (Å²) < 4.78 is 67.3. The molecule has 1 fully saturated rings. The molecule has 2 aromatic rings. The summed E-state index contributed by atoms with van der Waals surface area (Å²) in [7, 11) is 0. The van der Waals surface area contributed by atoms with Crippen LogP contribution in [0.4, 0.5) is 26.7 Å². The number of alkyl halides is 3. The van der Waals surface area contributed by atoms with E-state index in [4.69, 9.17) is 11.6 Å². The van der Waals surface area contributed by atoms with E-state index in [9.17, 15) is 31.5 Å². The van der Waals surface area contributed by atoms with E-state index in [2.05, 4.69) is 15.6 Å². The Labute approximate surface area is 191 Å². The van der Waals surface area contributed by atoms with Gasteiger partial charge >= 0.3 is 12.2 Å². The van der Waals surface area contributed by atoms with Gasteiger partial charge < -0.3 is 15.5 Å². The van der Waals surface area contributed by atoms with Crippen molar-refractivity contribution >= 4 is 23.5 Å². The van der Waals surface area contributed by atoms with Gasteiger partial charge in [0.25, 0.3) is 0 Å². The number of halogens is 6. The van der Waals surface area contributed by atoms with Gasteiger partial charge in [-0.25, -0.2) is 13.6 Å². The van der Waals surface area contributed by atoms with E-state index in [-0.39, 0.29) is 36.0 Å². The summed E-state index contributed by atoms with van der Waals surface area (Å²) in [6, 6.07) is 0.691. The molecule has 1 aromatic heterocycles. The predicted molar refractivity (Wildman–Crippen MR) is 109 cm³/mol. The number of nitrogens with one attached hydrogen (secondary N) is 2. The van der Waals surface area contributed by atoms with Crippen molar-refractivity contribution in [3.63, 3.8) is 0 Å². The summed E-state index contributed by atoms with van der Waals surface area (Å²) in [4.78, 5) is 30.0. The van der Waals surface area contributed by atoms with Crippen molar-refractivity contribution in [3.05, 3.63) is 63.9 Å². The van der Waals surface area contributed by atoms with E-state index in [0.29, 0.717) is 6.07 Å². The standard InChI is InChI=1S/C21H20ClF5N4O2/c1-10(2)18-19(32)28-7-8-31(18)20(33)30-17(12-4-5-13(23)15(22)16(12)24)11-3-6-14(29-9-11)21(25,26)27/h3-6,9-10,17-18H,7-8H2,1-2H3,(H,28,32)(H,30,33)/t17-,18-/m0/s1. The Hall–Kier alpha value is -2.95. The topological polar surface area (TPSA) is 74.3 Å². The van der Waals surface area contributed by atoms with Gasteiger partial charge in [0.1, 0.15) is 28.4 Å². The molecule has 0 bridgehead atoms. The van der Waals surface area contributed by atoms with Crippen LogP contribution in [-0.2, 0) is 11.0 Å². The summed E-state index contributed by atoms with van der Waals surface area (Å²) in [6.07, 6.45) is -3.86. The molecule has 2 N–H and O–H groups in total. The van der Waals surface area contributed by atoms with Gasteiger partial charge in [0.05, 0.1) is 6.04 Å². The maximum atomic E-state index is 14.8. The molecular formula is C21H20ClF5N4O2. The first-order chi connectivity index (χ1) is 15.4. The van der Waals surface area contributed by atoms with Crippen LogP contribution in [0.2, 0.25) is 5.02 Å². The molecule has 178 valence electrons. The Balaban J connectivity index is 2.01. The van der Waals surface area contributed by atoms with Crippen LogP contribution in [0.5, 0.6) is 0 Å². The minimum absolute atomic E-state index is 0.000447. The zero-order chi connectivity index (χ0) is 24.5. The number of piperazine rings is 1. The summed E-state index contributed by atoms with van der Waals surface area (Å²) in [5.74, 6) is -2.84. The van der Waals surface area contributed by atoms with Crippen LogP contribution in [0.25, 0.3) is 0 Å². The number of pyridine rings is 1. The normalized spacial score (nSPS) is 17.7. The lowest BCUT2D eigenvalue weighted by molar-refractivity contribution is -0.141. The molecule has 1 aliphatic heterocycles. The minimum Gasteiger partial charge on any atom is -0.353 e. The van der Waals surface area contributed by atoms with E-state index in [1.54, 1.807) is 13.8 Å². The number of hydrogen-bond acceptors (Lipinski definition) is 3. The zero-order valence-corrected chi connectivity index (χ0v) is 18.3. The maximum absolute atomic E-state index is 14.8. The quantitative estimate of drug-likeness (QED) is 0.496. The highest BCUT2D eigenvalue weighted by molar-refractivity contribution is 6.31. The Morgan fingerprint density at radius 3 is 2.52 bits per heavy atom. The second kappa shape index (κ2) is 9.50. The van der Waals surface area contributed by atoms with E-state index in [0.717, 1.165) is 24.4 Å². The average molecular weight is 491 g/mol.